The summed E-state index contributed by atoms with van der Waals surface area (Å²) in [6.07, 6.45) is 6.75. The maximum absolute atomic E-state index is 6.07. The van der Waals surface area contributed by atoms with E-state index in [-0.39, 0.29) is 5.54 Å². The van der Waals surface area contributed by atoms with Gasteiger partial charge in [0, 0.05) is 17.3 Å². The van der Waals surface area contributed by atoms with E-state index in [0.717, 1.165) is 13.0 Å². The minimum absolute atomic E-state index is 0.00877. The predicted octanol–water partition coefficient (Wildman–Crippen LogP) is 2.68. The molecule has 2 rings (SSSR count). The van der Waals surface area contributed by atoms with Gasteiger partial charge in [-0.15, -0.1) is 0 Å². The van der Waals surface area contributed by atoms with Crippen LogP contribution >= 0.6 is 0 Å². The molecule has 1 unspecified atom stereocenters. The summed E-state index contributed by atoms with van der Waals surface area (Å²) >= 11 is 0. The number of nitrogens with two attached hydrogens (primary N) is 1. The van der Waals surface area contributed by atoms with Gasteiger partial charge in [-0.1, -0.05) is 32.8 Å². The van der Waals surface area contributed by atoms with Crippen LogP contribution in [0.25, 0.3) is 0 Å². The lowest BCUT2D eigenvalue weighted by Gasteiger charge is -2.38. The van der Waals surface area contributed by atoms with Crippen LogP contribution in [0, 0.1) is 5.92 Å². The molecule has 1 atom stereocenters. The van der Waals surface area contributed by atoms with Crippen molar-refractivity contribution in [3.63, 3.8) is 0 Å². The second-order valence-electron chi connectivity index (χ2n) is 5.30. The summed E-state index contributed by atoms with van der Waals surface area (Å²) < 4.78 is 0. The van der Waals surface area contributed by atoms with E-state index in [9.17, 15) is 0 Å². The van der Waals surface area contributed by atoms with Crippen molar-refractivity contribution in [3.8, 4) is 0 Å². The van der Waals surface area contributed by atoms with Gasteiger partial charge in [-0.2, -0.15) is 0 Å². The Morgan fingerprint density at radius 2 is 2.18 bits per heavy atom. The van der Waals surface area contributed by atoms with Crippen LogP contribution in [0.5, 0.6) is 0 Å². The molecule has 0 radical (unpaired) electrons. The number of rotatable bonds is 2. The van der Waals surface area contributed by atoms with Gasteiger partial charge in [-0.05, 0) is 31.4 Å². The summed E-state index contributed by atoms with van der Waals surface area (Å²) in [7, 11) is 0. The average Bonchev–Trinajstić information content (AvgIpc) is 2.56. The largest absolute Gasteiger partial charge is 0.383 e. The number of nitrogen functional groups attached to an aromatic ring is 1. The van der Waals surface area contributed by atoms with E-state index < -0.39 is 0 Å². The van der Waals surface area contributed by atoms with E-state index >= 15 is 0 Å². The molecule has 1 saturated heterocycles. The van der Waals surface area contributed by atoms with E-state index in [2.05, 4.69) is 30.2 Å². The molecule has 0 aromatic carbocycles. The Balaban J connectivity index is 2.43. The van der Waals surface area contributed by atoms with Gasteiger partial charge in [0.25, 0.3) is 0 Å². The lowest BCUT2D eigenvalue weighted by Crippen LogP contribution is -2.46. The molecule has 0 aliphatic carbocycles. The van der Waals surface area contributed by atoms with Crippen LogP contribution in [-0.2, 0) is 5.54 Å². The standard InChI is InChI=1S/C14H23N3/c1-11(2)14(8-4-3-5-10-17-14)12-7-6-9-16-13(12)15/h6-7,9,11,17H,3-5,8,10H2,1-2H3,(H2,15,16). The molecule has 94 valence electrons. The maximum atomic E-state index is 6.07. The summed E-state index contributed by atoms with van der Waals surface area (Å²) in [5.74, 6) is 1.20. The zero-order chi connectivity index (χ0) is 12.3. The minimum atomic E-state index is 0.00877. The summed E-state index contributed by atoms with van der Waals surface area (Å²) in [6, 6.07) is 4.11. The van der Waals surface area contributed by atoms with Crippen molar-refractivity contribution in [3.05, 3.63) is 23.9 Å². The van der Waals surface area contributed by atoms with Crippen molar-refractivity contribution >= 4 is 5.82 Å². The van der Waals surface area contributed by atoms with Crippen molar-refractivity contribution in [2.75, 3.05) is 12.3 Å². The minimum Gasteiger partial charge on any atom is -0.383 e. The fraction of sp³-hybridized carbons (Fsp3) is 0.643. The molecule has 0 bridgehead atoms. The second kappa shape index (κ2) is 5.05. The highest BCUT2D eigenvalue weighted by Gasteiger charge is 2.37. The molecule has 0 amide bonds. The van der Waals surface area contributed by atoms with Crippen LogP contribution in [0.1, 0.15) is 45.1 Å². The SMILES string of the molecule is CC(C)C1(c2cccnc2N)CCCCCN1. The Hall–Kier alpha value is -1.09. The Morgan fingerprint density at radius 3 is 2.88 bits per heavy atom. The maximum Gasteiger partial charge on any atom is 0.128 e. The van der Waals surface area contributed by atoms with Gasteiger partial charge in [0.15, 0.2) is 0 Å². The van der Waals surface area contributed by atoms with Crippen molar-refractivity contribution in [2.24, 2.45) is 5.92 Å². The highest BCUT2D eigenvalue weighted by Crippen LogP contribution is 2.38. The molecule has 0 spiro atoms. The molecule has 3 heteroatoms. The monoisotopic (exact) mass is 233 g/mol. The highest BCUT2D eigenvalue weighted by molar-refractivity contribution is 5.44. The average molecular weight is 233 g/mol. The first-order chi connectivity index (χ1) is 8.17. The highest BCUT2D eigenvalue weighted by atomic mass is 15.0. The summed E-state index contributed by atoms with van der Waals surface area (Å²) in [5, 5.41) is 3.73. The zero-order valence-corrected chi connectivity index (χ0v) is 10.9. The van der Waals surface area contributed by atoms with Gasteiger partial charge in [0.05, 0.1) is 0 Å². The Kier molecular flexibility index (Phi) is 3.67. The first-order valence-corrected chi connectivity index (χ1v) is 6.63. The first kappa shape index (κ1) is 12.4. The van der Waals surface area contributed by atoms with Gasteiger partial charge >= 0.3 is 0 Å². The molecule has 1 fully saturated rings. The Bertz CT molecular complexity index is 365. The number of hydrogen-bond acceptors (Lipinski definition) is 3. The fourth-order valence-corrected chi connectivity index (χ4v) is 2.93. The number of pyridine rings is 1. The van der Waals surface area contributed by atoms with Gasteiger partial charge < -0.3 is 11.1 Å². The third-order valence-corrected chi connectivity index (χ3v) is 3.99. The number of nitrogens with one attached hydrogen (secondary N) is 1. The topological polar surface area (TPSA) is 50.9 Å². The summed E-state index contributed by atoms with van der Waals surface area (Å²) in [6.45, 7) is 5.61. The molecule has 1 aromatic heterocycles. The van der Waals surface area contributed by atoms with Gasteiger partial charge in [0.2, 0.25) is 0 Å². The summed E-state index contributed by atoms with van der Waals surface area (Å²) in [4.78, 5) is 4.25. The van der Waals surface area contributed by atoms with Crippen LogP contribution < -0.4 is 11.1 Å². The number of aromatic nitrogens is 1. The Morgan fingerprint density at radius 1 is 1.35 bits per heavy atom. The van der Waals surface area contributed by atoms with Crippen LogP contribution in [0.2, 0.25) is 0 Å². The smallest absolute Gasteiger partial charge is 0.128 e. The molecular formula is C14H23N3. The second-order valence-corrected chi connectivity index (χ2v) is 5.30. The van der Waals surface area contributed by atoms with Gasteiger partial charge in [-0.3, -0.25) is 0 Å². The van der Waals surface area contributed by atoms with Crippen LogP contribution in [0.15, 0.2) is 18.3 Å². The van der Waals surface area contributed by atoms with Crippen LogP contribution in [0.4, 0.5) is 5.82 Å². The first-order valence-electron chi connectivity index (χ1n) is 6.63. The van der Waals surface area contributed by atoms with E-state index in [1.807, 2.05) is 6.07 Å². The molecule has 3 N–H and O–H groups in total. The van der Waals surface area contributed by atoms with Crippen molar-refractivity contribution in [2.45, 2.75) is 45.1 Å². The van der Waals surface area contributed by atoms with E-state index in [1.54, 1.807) is 6.20 Å². The molecule has 1 aliphatic rings. The molecule has 1 aromatic rings. The normalized spacial score (nSPS) is 25.8. The van der Waals surface area contributed by atoms with Crippen LogP contribution in [-0.4, -0.2) is 11.5 Å². The van der Waals surface area contributed by atoms with Crippen molar-refractivity contribution in [1.82, 2.24) is 10.3 Å². The molecule has 17 heavy (non-hydrogen) atoms. The number of hydrogen-bond donors (Lipinski definition) is 2. The van der Waals surface area contributed by atoms with Gasteiger partial charge in [0.1, 0.15) is 5.82 Å². The summed E-state index contributed by atoms with van der Waals surface area (Å²) in [5.41, 5.74) is 7.26. The number of anilines is 1. The molecule has 3 nitrogen and oxygen atoms in total. The fourth-order valence-electron chi connectivity index (χ4n) is 2.93. The van der Waals surface area contributed by atoms with Crippen LogP contribution in [0.3, 0.4) is 0 Å². The Labute approximate surface area is 104 Å². The molecule has 2 heterocycles. The zero-order valence-electron chi connectivity index (χ0n) is 10.9. The molecule has 0 saturated carbocycles. The van der Waals surface area contributed by atoms with E-state index in [4.69, 9.17) is 5.73 Å². The third-order valence-electron chi connectivity index (χ3n) is 3.99. The lowest BCUT2D eigenvalue weighted by molar-refractivity contribution is 0.231. The number of nitrogens with zero attached hydrogens (tertiary/aromatic N) is 1. The van der Waals surface area contributed by atoms with Crippen molar-refractivity contribution in [1.29, 1.82) is 0 Å². The van der Waals surface area contributed by atoms with E-state index in [0.29, 0.717) is 11.7 Å². The third kappa shape index (κ3) is 2.29. The molecule has 1 aliphatic heterocycles. The molecular weight excluding hydrogens is 210 g/mol. The van der Waals surface area contributed by atoms with Gasteiger partial charge in [-0.25, -0.2) is 4.98 Å². The van der Waals surface area contributed by atoms with Crippen molar-refractivity contribution < 1.29 is 0 Å². The lowest BCUT2D eigenvalue weighted by atomic mass is 9.76. The van der Waals surface area contributed by atoms with E-state index in [1.165, 1.54) is 24.8 Å². The predicted molar refractivity (Wildman–Crippen MR) is 71.6 cm³/mol. The quantitative estimate of drug-likeness (QED) is 0.825.